The molecule has 3 aromatic rings. The standard InChI is InChI=1S/C20H17O/c21-20(18-12-6-2-7-13-18,19-14-8-3-9-15-19)16-17-10-4-1-5-11-17/h2-15,21H,16H2. The van der Waals surface area contributed by atoms with Gasteiger partial charge in [-0.3, -0.25) is 0 Å². The van der Waals surface area contributed by atoms with Gasteiger partial charge < -0.3 is 5.11 Å². The smallest absolute Gasteiger partial charge is 0.119 e. The summed E-state index contributed by atoms with van der Waals surface area (Å²) in [6.07, 6.45) is 0.537. The molecule has 0 bridgehead atoms. The molecule has 0 aliphatic rings. The van der Waals surface area contributed by atoms with Gasteiger partial charge in [0.05, 0.1) is 0 Å². The molecule has 3 rings (SSSR count). The van der Waals surface area contributed by atoms with Gasteiger partial charge in [-0.25, -0.2) is 0 Å². The zero-order valence-corrected chi connectivity index (χ0v) is 11.7. The molecule has 0 atom stereocenters. The molecule has 1 N–H and O–H groups in total. The average Bonchev–Trinajstić information content (AvgIpc) is 2.57. The van der Waals surface area contributed by atoms with Gasteiger partial charge in [0.15, 0.2) is 0 Å². The minimum absolute atomic E-state index is 0.537. The van der Waals surface area contributed by atoms with Crippen molar-refractivity contribution in [3.05, 3.63) is 108 Å². The van der Waals surface area contributed by atoms with Crippen molar-refractivity contribution >= 4 is 0 Å². The quantitative estimate of drug-likeness (QED) is 0.762. The Labute approximate surface area is 125 Å². The maximum atomic E-state index is 11.4. The molecular formula is C20H17O. The zero-order valence-electron chi connectivity index (χ0n) is 11.7. The molecule has 103 valence electrons. The number of benzene rings is 3. The van der Waals surface area contributed by atoms with E-state index in [2.05, 4.69) is 6.07 Å². The van der Waals surface area contributed by atoms with Gasteiger partial charge in [-0.15, -0.1) is 0 Å². The second-order valence-electron chi connectivity index (χ2n) is 5.18. The Hall–Kier alpha value is -2.38. The van der Waals surface area contributed by atoms with Crippen LogP contribution in [0.25, 0.3) is 0 Å². The largest absolute Gasteiger partial charge is 0.380 e. The third kappa shape index (κ3) is 2.88. The van der Waals surface area contributed by atoms with E-state index in [-0.39, 0.29) is 0 Å². The van der Waals surface area contributed by atoms with Crippen LogP contribution in [0.2, 0.25) is 0 Å². The second-order valence-corrected chi connectivity index (χ2v) is 5.18. The molecule has 0 aliphatic carbocycles. The van der Waals surface area contributed by atoms with Crippen LogP contribution in [0.3, 0.4) is 0 Å². The highest BCUT2D eigenvalue weighted by Crippen LogP contribution is 2.33. The molecular weight excluding hydrogens is 256 g/mol. The van der Waals surface area contributed by atoms with Crippen molar-refractivity contribution in [1.29, 1.82) is 0 Å². The summed E-state index contributed by atoms with van der Waals surface area (Å²) >= 11 is 0. The predicted octanol–water partition coefficient (Wildman–Crippen LogP) is 3.97. The lowest BCUT2D eigenvalue weighted by atomic mass is 9.81. The van der Waals surface area contributed by atoms with Gasteiger partial charge in [-0.05, 0) is 22.8 Å². The number of rotatable bonds is 4. The summed E-state index contributed by atoms with van der Waals surface area (Å²) in [5.74, 6) is 0. The lowest BCUT2D eigenvalue weighted by Gasteiger charge is -2.29. The molecule has 0 spiro atoms. The van der Waals surface area contributed by atoms with E-state index in [1.807, 2.05) is 84.9 Å². The number of hydrogen-bond acceptors (Lipinski definition) is 1. The normalized spacial score (nSPS) is 11.3. The van der Waals surface area contributed by atoms with Gasteiger partial charge in [-0.1, -0.05) is 84.9 Å². The minimum atomic E-state index is -1.02. The second kappa shape index (κ2) is 5.94. The van der Waals surface area contributed by atoms with Crippen molar-refractivity contribution < 1.29 is 5.11 Å². The minimum Gasteiger partial charge on any atom is -0.380 e. The third-order valence-electron chi connectivity index (χ3n) is 3.75. The molecule has 0 heterocycles. The molecule has 0 fully saturated rings. The van der Waals surface area contributed by atoms with Gasteiger partial charge in [0.2, 0.25) is 0 Å². The summed E-state index contributed by atoms with van der Waals surface area (Å²) in [6, 6.07) is 30.4. The molecule has 0 saturated carbocycles. The highest BCUT2D eigenvalue weighted by atomic mass is 16.3. The molecule has 0 unspecified atom stereocenters. The molecule has 1 heteroatoms. The maximum Gasteiger partial charge on any atom is 0.119 e. The summed E-state index contributed by atoms with van der Waals surface area (Å²) in [5, 5.41) is 11.4. The first-order valence-electron chi connectivity index (χ1n) is 7.07. The van der Waals surface area contributed by atoms with Crippen LogP contribution in [0, 0.1) is 6.07 Å². The lowest BCUT2D eigenvalue weighted by molar-refractivity contribution is 0.0811. The van der Waals surface area contributed by atoms with E-state index in [0.717, 1.165) is 16.7 Å². The Bertz CT molecular complexity index is 635. The summed E-state index contributed by atoms with van der Waals surface area (Å²) in [6.45, 7) is 0. The maximum absolute atomic E-state index is 11.4. The van der Waals surface area contributed by atoms with E-state index >= 15 is 0 Å². The molecule has 0 amide bonds. The Balaban J connectivity index is 2.07. The van der Waals surface area contributed by atoms with Crippen LogP contribution >= 0.6 is 0 Å². The molecule has 0 saturated heterocycles. The summed E-state index contributed by atoms with van der Waals surface area (Å²) in [5.41, 5.74) is 1.88. The van der Waals surface area contributed by atoms with Crippen molar-refractivity contribution in [2.75, 3.05) is 0 Å². The van der Waals surface area contributed by atoms with E-state index in [1.54, 1.807) is 0 Å². The number of aliphatic hydroxyl groups is 1. The van der Waals surface area contributed by atoms with E-state index in [4.69, 9.17) is 0 Å². The highest BCUT2D eigenvalue weighted by molar-refractivity contribution is 5.38. The predicted molar refractivity (Wildman–Crippen MR) is 84.9 cm³/mol. The van der Waals surface area contributed by atoms with Crippen molar-refractivity contribution in [3.8, 4) is 0 Å². The van der Waals surface area contributed by atoms with E-state index in [1.165, 1.54) is 0 Å². The fourth-order valence-electron chi connectivity index (χ4n) is 2.63. The monoisotopic (exact) mass is 273 g/mol. The summed E-state index contributed by atoms with van der Waals surface area (Å²) in [7, 11) is 0. The van der Waals surface area contributed by atoms with Crippen molar-refractivity contribution in [2.45, 2.75) is 12.0 Å². The first-order valence-corrected chi connectivity index (χ1v) is 7.07. The van der Waals surface area contributed by atoms with Crippen molar-refractivity contribution in [2.24, 2.45) is 0 Å². The van der Waals surface area contributed by atoms with Crippen LogP contribution < -0.4 is 0 Å². The third-order valence-corrected chi connectivity index (χ3v) is 3.75. The van der Waals surface area contributed by atoms with Crippen LogP contribution in [0.1, 0.15) is 16.7 Å². The lowest BCUT2D eigenvalue weighted by Crippen LogP contribution is -2.30. The molecule has 21 heavy (non-hydrogen) atoms. The van der Waals surface area contributed by atoms with E-state index in [9.17, 15) is 5.11 Å². The fourth-order valence-corrected chi connectivity index (χ4v) is 2.63. The van der Waals surface area contributed by atoms with Crippen molar-refractivity contribution in [3.63, 3.8) is 0 Å². The average molecular weight is 273 g/mol. The highest BCUT2D eigenvalue weighted by Gasteiger charge is 2.31. The molecule has 0 aromatic heterocycles. The first kappa shape index (κ1) is 13.6. The van der Waals surface area contributed by atoms with Gasteiger partial charge in [-0.2, -0.15) is 0 Å². The van der Waals surface area contributed by atoms with Crippen molar-refractivity contribution in [1.82, 2.24) is 0 Å². The SMILES string of the molecule is OC(Cc1cc[c]cc1)(c1ccccc1)c1ccccc1. The summed E-state index contributed by atoms with van der Waals surface area (Å²) in [4.78, 5) is 0. The molecule has 0 aliphatic heterocycles. The molecule has 3 aromatic carbocycles. The Kier molecular flexibility index (Phi) is 3.85. The molecule has 1 radical (unpaired) electrons. The van der Waals surface area contributed by atoms with Gasteiger partial charge in [0, 0.05) is 6.42 Å². The first-order chi connectivity index (χ1) is 10.3. The molecule has 1 nitrogen and oxygen atoms in total. The topological polar surface area (TPSA) is 20.2 Å². The Morgan fingerprint density at radius 3 is 1.67 bits per heavy atom. The van der Waals surface area contributed by atoms with Crippen LogP contribution in [0.5, 0.6) is 0 Å². The van der Waals surface area contributed by atoms with Crippen LogP contribution in [-0.4, -0.2) is 5.11 Å². The van der Waals surface area contributed by atoms with Gasteiger partial charge in [0.25, 0.3) is 0 Å². The van der Waals surface area contributed by atoms with Gasteiger partial charge >= 0.3 is 0 Å². The van der Waals surface area contributed by atoms with E-state index < -0.39 is 5.60 Å². The van der Waals surface area contributed by atoms with Crippen LogP contribution in [0.4, 0.5) is 0 Å². The van der Waals surface area contributed by atoms with Gasteiger partial charge in [0.1, 0.15) is 5.60 Å². The Morgan fingerprint density at radius 1 is 0.714 bits per heavy atom. The Morgan fingerprint density at radius 2 is 1.19 bits per heavy atom. The van der Waals surface area contributed by atoms with Crippen LogP contribution in [-0.2, 0) is 12.0 Å². The number of hydrogen-bond donors (Lipinski definition) is 1. The van der Waals surface area contributed by atoms with Crippen LogP contribution in [0.15, 0.2) is 84.9 Å². The van der Waals surface area contributed by atoms with E-state index in [0.29, 0.717) is 6.42 Å². The zero-order chi connectivity index (χ0) is 14.5. The fraction of sp³-hybridized carbons (Fsp3) is 0.100. The summed E-state index contributed by atoms with van der Waals surface area (Å²) < 4.78 is 0.